The Balaban J connectivity index is 1.96. The van der Waals surface area contributed by atoms with E-state index in [4.69, 9.17) is 0 Å². The predicted molar refractivity (Wildman–Crippen MR) is 105 cm³/mol. The molecule has 2 aromatic rings. The number of hydrogen-bond donors (Lipinski definition) is 0. The number of carbonyl (C=O) groups excluding carboxylic acids is 2. The minimum absolute atomic E-state index is 0.264. The Morgan fingerprint density at radius 1 is 1.10 bits per heavy atom. The minimum Gasteiger partial charge on any atom is -0.331 e. The third-order valence-electron chi connectivity index (χ3n) is 5.76. The molecule has 1 fully saturated rings. The van der Waals surface area contributed by atoms with Crippen molar-refractivity contribution >= 4 is 17.5 Å². The second-order valence-corrected chi connectivity index (χ2v) is 7.59. The summed E-state index contributed by atoms with van der Waals surface area (Å²) in [5, 5.41) is 11.3. The Labute approximate surface area is 172 Å². The number of amides is 2. The second kappa shape index (κ2) is 7.81. The molecule has 9 heteroatoms. The summed E-state index contributed by atoms with van der Waals surface area (Å²) in [6, 6.07) is 9.50. The van der Waals surface area contributed by atoms with E-state index in [0.717, 1.165) is 11.6 Å². The first-order valence-electron chi connectivity index (χ1n) is 9.28. The van der Waals surface area contributed by atoms with Gasteiger partial charge in [0.25, 0.3) is 5.69 Å². The van der Waals surface area contributed by atoms with E-state index in [1.807, 2.05) is 30.3 Å². The standard InChI is InChI=1S/C21H21F2N3O4/c1-21(12-13-7-5-4-6-8-13)20(28)24(2)17(19(27)25(21)3)11-14-16(26(29)30)10-9-15(22)18(14)23/h4-10,17H,11-12H2,1-3H3. The summed E-state index contributed by atoms with van der Waals surface area (Å²) in [5.74, 6) is -3.54. The number of halogens is 2. The molecule has 1 aliphatic heterocycles. The summed E-state index contributed by atoms with van der Waals surface area (Å²) < 4.78 is 28.1. The van der Waals surface area contributed by atoms with Gasteiger partial charge < -0.3 is 9.80 Å². The van der Waals surface area contributed by atoms with Crippen LogP contribution in [0.15, 0.2) is 42.5 Å². The normalized spacial score (nSPS) is 21.8. The maximum absolute atomic E-state index is 14.4. The Kier molecular flexibility index (Phi) is 5.56. The summed E-state index contributed by atoms with van der Waals surface area (Å²) in [6.45, 7) is 1.64. The van der Waals surface area contributed by atoms with E-state index in [1.165, 1.54) is 23.9 Å². The molecule has 1 heterocycles. The molecule has 0 N–H and O–H groups in total. The van der Waals surface area contributed by atoms with Crippen LogP contribution in [0.1, 0.15) is 18.1 Å². The van der Waals surface area contributed by atoms with Crippen molar-refractivity contribution < 1.29 is 23.3 Å². The average Bonchev–Trinajstić information content (AvgIpc) is 2.72. The fourth-order valence-electron chi connectivity index (χ4n) is 3.85. The smallest absolute Gasteiger partial charge is 0.275 e. The molecule has 2 unspecified atom stereocenters. The molecule has 0 aliphatic carbocycles. The molecule has 2 atom stereocenters. The van der Waals surface area contributed by atoms with E-state index in [9.17, 15) is 28.5 Å². The van der Waals surface area contributed by atoms with Crippen LogP contribution in [0.3, 0.4) is 0 Å². The van der Waals surface area contributed by atoms with Gasteiger partial charge in [0.05, 0.1) is 10.5 Å². The number of likely N-dealkylation sites (N-methyl/N-ethyl adjacent to an activating group) is 2. The highest BCUT2D eigenvalue weighted by atomic mass is 19.2. The van der Waals surface area contributed by atoms with Crippen molar-refractivity contribution in [3.8, 4) is 0 Å². The molecular formula is C21H21F2N3O4. The van der Waals surface area contributed by atoms with Crippen LogP contribution in [0.5, 0.6) is 0 Å². The molecule has 0 aromatic heterocycles. The molecule has 30 heavy (non-hydrogen) atoms. The molecule has 0 saturated carbocycles. The lowest BCUT2D eigenvalue weighted by atomic mass is 9.85. The molecular weight excluding hydrogens is 396 g/mol. The molecule has 1 aliphatic rings. The van der Waals surface area contributed by atoms with Crippen LogP contribution in [0.25, 0.3) is 0 Å². The fourth-order valence-corrected chi connectivity index (χ4v) is 3.85. The van der Waals surface area contributed by atoms with Gasteiger partial charge in [0, 0.05) is 33.0 Å². The Bertz CT molecular complexity index is 1010. The first-order valence-corrected chi connectivity index (χ1v) is 9.28. The van der Waals surface area contributed by atoms with E-state index < -0.39 is 57.6 Å². The molecule has 3 rings (SSSR count). The van der Waals surface area contributed by atoms with Crippen LogP contribution >= 0.6 is 0 Å². The topological polar surface area (TPSA) is 83.8 Å². The first-order chi connectivity index (χ1) is 14.1. The van der Waals surface area contributed by atoms with E-state index in [-0.39, 0.29) is 6.42 Å². The quantitative estimate of drug-likeness (QED) is 0.553. The summed E-state index contributed by atoms with van der Waals surface area (Å²) in [7, 11) is 2.86. The first kappa shape index (κ1) is 21.4. The van der Waals surface area contributed by atoms with Crippen LogP contribution in [0, 0.1) is 21.7 Å². The maximum atomic E-state index is 14.4. The molecule has 0 spiro atoms. The number of piperazine rings is 1. The number of hydrogen-bond acceptors (Lipinski definition) is 4. The van der Waals surface area contributed by atoms with Gasteiger partial charge in [0.1, 0.15) is 11.6 Å². The fraction of sp³-hybridized carbons (Fsp3) is 0.333. The average molecular weight is 417 g/mol. The number of nitrogens with zero attached hydrogens (tertiary/aromatic N) is 3. The van der Waals surface area contributed by atoms with Crippen LogP contribution in [-0.2, 0) is 22.4 Å². The Morgan fingerprint density at radius 2 is 1.73 bits per heavy atom. The van der Waals surface area contributed by atoms with Crippen molar-refractivity contribution in [2.75, 3.05) is 14.1 Å². The van der Waals surface area contributed by atoms with Crippen molar-refractivity contribution in [2.24, 2.45) is 0 Å². The van der Waals surface area contributed by atoms with Crippen molar-refractivity contribution in [1.29, 1.82) is 0 Å². The van der Waals surface area contributed by atoms with Crippen molar-refractivity contribution in [3.63, 3.8) is 0 Å². The molecule has 0 radical (unpaired) electrons. The number of rotatable bonds is 5. The summed E-state index contributed by atoms with van der Waals surface area (Å²) >= 11 is 0. The van der Waals surface area contributed by atoms with Crippen molar-refractivity contribution in [2.45, 2.75) is 31.3 Å². The van der Waals surface area contributed by atoms with Crippen molar-refractivity contribution in [3.05, 3.63) is 75.3 Å². The van der Waals surface area contributed by atoms with Crippen LogP contribution < -0.4 is 0 Å². The summed E-state index contributed by atoms with van der Waals surface area (Å²) in [6.07, 6.45) is -0.243. The molecule has 7 nitrogen and oxygen atoms in total. The van der Waals surface area contributed by atoms with Gasteiger partial charge in [-0.25, -0.2) is 8.78 Å². The second-order valence-electron chi connectivity index (χ2n) is 7.59. The van der Waals surface area contributed by atoms with Crippen LogP contribution in [0.4, 0.5) is 14.5 Å². The van der Waals surface area contributed by atoms with E-state index in [0.29, 0.717) is 6.07 Å². The Hall–Kier alpha value is -3.36. The lowest BCUT2D eigenvalue weighted by molar-refractivity contribution is -0.385. The van der Waals surface area contributed by atoms with Gasteiger partial charge >= 0.3 is 0 Å². The van der Waals surface area contributed by atoms with Gasteiger partial charge in [-0.3, -0.25) is 19.7 Å². The van der Waals surface area contributed by atoms with Crippen LogP contribution in [-0.4, -0.2) is 52.2 Å². The number of nitro groups is 1. The molecule has 1 saturated heterocycles. The number of benzene rings is 2. The molecule has 158 valence electrons. The molecule has 2 aromatic carbocycles. The van der Waals surface area contributed by atoms with Gasteiger partial charge in [-0.2, -0.15) is 0 Å². The van der Waals surface area contributed by atoms with E-state index >= 15 is 0 Å². The highest BCUT2D eigenvalue weighted by Crippen LogP contribution is 2.32. The molecule has 2 amide bonds. The third-order valence-corrected chi connectivity index (χ3v) is 5.76. The largest absolute Gasteiger partial charge is 0.331 e. The zero-order valence-electron chi connectivity index (χ0n) is 16.8. The van der Waals surface area contributed by atoms with Crippen molar-refractivity contribution in [1.82, 2.24) is 9.80 Å². The number of carbonyl (C=O) groups is 2. The zero-order valence-corrected chi connectivity index (χ0v) is 16.8. The predicted octanol–water partition coefficient (Wildman–Crippen LogP) is 2.72. The van der Waals surface area contributed by atoms with Gasteiger partial charge in [-0.05, 0) is 18.6 Å². The highest BCUT2D eigenvalue weighted by Gasteiger charge is 2.51. The Morgan fingerprint density at radius 3 is 2.33 bits per heavy atom. The van der Waals surface area contributed by atoms with E-state index in [1.54, 1.807) is 6.92 Å². The summed E-state index contributed by atoms with van der Waals surface area (Å²) in [4.78, 5) is 39.2. The monoisotopic (exact) mass is 417 g/mol. The maximum Gasteiger partial charge on any atom is 0.275 e. The zero-order chi connectivity index (χ0) is 22.2. The van der Waals surface area contributed by atoms with Gasteiger partial charge in [-0.1, -0.05) is 30.3 Å². The highest BCUT2D eigenvalue weighted by molar-refractivity contribution is 5.99. The van der Waals surface area contributed by atoms with Gasteiger partial charge in [0.2, 0.25) is 11.8 Å². The summed E-state index contributed by atoms with van der Waals surface area (Å²) in [5.41, 5.74) is -1.51. The number of nitro benzene ring substituents is 1. The van der Waals surface area contributed by atoms with Gasteiger partial charge in [-0.15, -0.1) is 0 Å². The lowest BCUT2D eigenvalue weighted by Crippen LogP contribution is -2.69. The van der Waals surface area contributed by atoms with Gasteiger partial charge in [0.15, 0.2) is 11.6 Å². The minimum atomic E-state index is -1.39. The van der Waals surface area contributed by atoms with Crippen LogP contribution in [0.2, 0.25) is 0 Å². The van der Waals surface area contributed by atoms with E-state index in [2.05, 4.69) is 0 Å². The lowest BCUT2D eigenvalue weighted by Gasteiger charge is -2.48. The SMILES string of the molecule is CN1C(=O)C(C)(Cc2ccccc2)N(C)C(=O)C1Cc1c([N+](=O)[O-])ccc(F)c1F. The molecule has 0 bridgehead atoms. The third kappa shape index (κ3) is 3.51.